The molecular formula is C11H19NO2. The Labute approximate surface area is 85.3 Å². The van der Waals surface area contributed by atoms with E-state index in [1.54, 1.807) is 6.92 Å². The summed E-state index contributed by atoms with van der Waals surface area (Å²) in [4.78, 5) is 2.07. The maximum absolute atomic E-state index is 9.40. The van der Waals surface area contributed by atoms with Crippen LogP contribution < -0.4 is 0 Å². The first-order valence-corrected chi connectivity index (χ1v) is 4.94. The molecule has 0 aliphatic carbocycles. The van der Waals surface area contributed by atoms with Gasteiger partial charge in [0.1, 0.15) is 11.5 Å². The fourth-order valence-corrected chi connectivity index (χ4v) is 1.33. The molecule has 2 unspecified atom stereocenters. The summed E-state index contributed by atoms with van der Waals surface area (Å²) in [6.45, 7) is 6.47. The lowest BCUT2D eigenvalue weighted by atomic mass is 10.2. The summed E-state index contributed by atoms with van der Waals surface area (Å²) in [5.74, 6) is 1.87. The minimum Gasteiger partial charge on any atom is -0.465 e. The number of nitrogens with zero attached hydrogens (tertiary/aromatic N) is 1. The molecule has 2 atom stereocenters. The van der Waals surface area contributed by atoms with Crippen molar-refractivity contribution >= 4 is 0 Å². The minimum atomic E-state index is -0.323. The van der Waals surface area contributed by atoms with Crippen LogP contribution in [0.15, 0.2) is 16.5 Å². The Balaban J connectivity index is 2.52. The van der Waals surface area contributed by atoms with Crippen molar-refractivity contribution in [2.45, 2.75) is 39.5 Å². The Morgan fingerprint density at radius 1 is 1.43 bits per heavy atom. The van der Waals surface area contributed by atoms with Gasteiger partial charge in [0.2, 0.25) is 0 Å². The molecule has 1 heterocycles. The van der Waals surface area contributed by atoms with Crippen molar-refractivity contribution in [2.75, 3.05) is 7.05 Å². The second-order valence-corrected chi connectivity index (χ2v) is 3.91. The van der Waals surface area contributed by atoms with Gasteiger partial charge in [-0.1, -0.05) is 0 Å². The highest BCUT2D eigenvalue weighted by atomic mass is 16.3. The zero-order valence-corrected chi connectivity index (χ0v) is 9.32. The highest BCUT2D eigenvalue weighted by Crippen LogP contribution is 2.11. The number of aryl methyl sites for hydroxylation is 1. The number of likely N-dealkylation sites (N-methyl/N-ethyl adjacent to an activating group) is 1. The van der Waals surface area contributed by atoms with Gasteiger partial charge in [0.05, 0.1) is 12.6 Å². The number of hydrogen-bond acceptors (Lipinski definition) is 3. The van der Waals surface area contributed by atoms with Crippen LogP contribution in [0.4, 0.5) is 0 Å². The average Bonchev–Trinajstić information content (AvgIpc) is 2.49. The molecule has 0 spiro atoms. The predicted molar refractivity (Wildman–Crippen MR) is 56.1 cm³/mol. The second kappa shape index (κ2) is 4.62. The van der Waals surface area contributed by atoms with E-state index >= 15 is 0 Å². The second-order valence-electron chi connectivity index (χ2n) is 3.91. The number of furan rings is 1. The largest absolute Gasteiger partial charge is 0.465 e. The van der Waals surface area contributed by atoms with E-state index in [1.807, 2.05) is 33.0 Å². The van der Waals surface area contributed by atoms with Gasteiger partial charge in [0.15, 0.2) is 0 Å². The Morgan fingerprint density at radius 2 is 2.07 bits per heavy atom. The lowest BCUT2D eigenvalue weighted by Gasteiger charge is -2.25. The summed E-state index contributed by atoms with van der Waals surface area (Å²) >= 11 is 0. The molecule has 0 saturated heterocycles. The van der Waals surface area contributed by atoms with Gasteiger partial charge in [-0.2, -0.15) is 0 Å². The van der Waals surface area contributed by atoms with Crippen molar-refractivity contribution in [3.8, 4) is 0 Å². The van der Waals surface area contributed by atoms with E-state index in [2.05, 4.69) is 4.90 Å². The van der Waals surface area contributed by atoms with E-state index in [4.69, 9.17) is 4.42 Å². The number of rotatable bonds is 4. The molecule has 0 bridgehead atoms. The van der Waals surface area contributed by atoms with E-state index in [9.17, 15) is 5.11 Å². The molecule has 0 radical (unpaired) electrons. The van der Waals surface area contributed by atoms with Crippen LogP contribution in [0.3, 0.4) is 0 Å². The SMILES string of the molecule is Cc1ccc(CN(C)C(C)C(C)O)o1. The van der Waals surface area contributed by atoms with Crippen LogP contribution in [0, 0.1) is 6.92 Å². The molecule has 3 nitrogen and oxygen atoms in total. The topological polar surface area (TPSA) is 36.6 Å². The summed E-state index contributed by atoms with van der Waals surface area (Å²) < 4.78 is 5.46. The van der Waals surface area contributed by atoms with Gasteiger partial charge in [-0.3, -0.25) is 4.90 Å². The summed E-state index contributed by atoms with van der Waals surface area (Å²) in [7, 11) is 1.98. The highest BCUT2D eigenvalue weighted by molar-refractivity contribution is 5.05. The maximum Gasteiger partial charge on any atom is 0.118 e. The van der Waals surface area contributed by atoms with Gasteiger partial charge < -0.3 is 9.52 Å². The normalized spacial score (nSPS) is 15.9. The van der Waals surface area contributed by atoms with Gasteiger partial charge in [0, 0.05) is 6.04 Å². The molecule has 1 aromatic rings. The summed E-state index contributed by atoms with van der Waals surface area (Å²) in [6, 6.07) is 4.07. The van der Waals surface area contributed by atoms with Crippen molar-refractivity contribution < 1.29 is 9.52 Å². The van der Waals surface area contributed by atoms with Crippen molar-refractivity contribution in [3.63, 3.8) is 0 Å². The highest BCUT2D eigenvalue weighted by Gasteiger charge is 2.15. The Kier molecular flexibility index (Phi) is 3.72. The third kappa shape index (κ3) is 2.86. The van der Waals surface area contributed by atoms with Crippen LogP contribution in [0.25, 0.3) is 0 Å². The molecule has 0 aliphatic rings. The lowest BCUT2D eigenvalue weighted by molar-refractivity contribution is 0.0789. The van der Waals surface area contributed by atoms with Crippen LogP contribution in [-0.4, -0.2) is 29.2 Å². The first-order chi connectivity index (χ1) is 6.50. The van der Waals surface area contributed by atoms with Crippen LogP contribution >= 0.6 is 0 Å². The van der Waals surface area contributed by atoms with E-state index in [0.29, 0.717) is 0 Å². The van der Waals surface area contributed by atoms with Gasteiger partial charge in [-0.25, -0.2) is 0 Å². The molecule has 14 heavy (non-hydrogen) atoms. The molecular weight excluding hydrogens is 178 g/mol. The molecule has 1 aromatic heterocycles. The first-order valence-electron chi connectivity index (χ1n) is 4.94. The standard InChI is InChI=1S/C11H19NO2/c1-8-5-6-11(14-8)7-12(4)9(2)10(3)13/h5-6,9-10,13H,7H2,1-4H3. The fourth-order valence-electron chi connectivity index (χ4n) is 1.33. The smallest absolute Gasteiger partial charge is 0.118 e. The van der Waals surface area contributed by atoms with Crippen molar-refractivity contribution in [1.82, 2.24) is 4.90 Å². The monoisotopic (exact) mass is 197 g/mol. The number of hydrogen-bond donors (Lipinski definition) is 1. The van der Waals surface area contributed by atoms with Crippen molar-refractivity contribution in [3.05, 3.63) is 23.7 Å². The predicted octanol–water partition coefficient (Wildman–Crippen LogP) is 1.79. The molecule has 1 rings (SSSR count). The number of aliphatic hydroxyl groups excluding tert-OH is 1. The van der Waals surface area contributed by atoms with E-state index in [0.717, 1.165) is 18.1 Å². The average molecular weight is 197 g/mol. The van der Waals surface area contributed by atoms with Crippen LogP contribution in [0.2, 0.25) is 0 Å². The van der Waals surface area contributed by atoms with E-state index in [-0.39, 0.29) is 12.1 Å². The molecule has 0 aliphatic heterocycles. The minimum absolute atomic E-state index is 0.139. The van der Waals surface area contributed by atoms with Crippen molar-refractivity contribution in [2.24, 2.45) is 0 Å². The Hall–Kier alpha value is -0.800. The van der Waals surface area contributed by atoms with Crippen LogP contribution in [-0.2, 0) is 6.54 Å². The summed E-state index contributed by atoms with van der Waals surface area (Å²) in [5, 5.41) is 9.40. The van der Waals surface area contributed by atoms with E-state index < -0.39 is 0 Å². The molecule has 0 aromatic carbocycles. The van der Waals surface area contributed by atoms with Crippen LogP contribution in [0.1, 0.15) is 25.4 Å². The molecule has 0 amide bonds. The number of aliphatic hydroxyl groups is 1. The lowest BCUT2D eigenvalue weighted by Crippen LogP contribution is -2.36. The summed E-state index contributed by atoms with van der Waals surface area (Å²) in [5.41, 5.74) is 0. The van der Waals surface area contributed by atoms with Gasteiger partial charge in [0.25, 0.3) is 0 Å². The quantitative estimate of drug-likeness (QED) is 0.799. The first kappa shape index (κ1) is 11.3. The molecule has 80 valence electrons. The van der Waals surface area contributed by atoms with Gasteiger partial charge in [-0.05, 0) is 40.0 Å². The molecule has 0 saturated carbocycles. The molecule has 3 heteroatoms. The van der Waals surface area contributed by atoms with Gasteiger partial charge in [-0.15, -0.1) is 0 Å². The van der Waals surface area contributed by atoms with Gasteiger partial charge >= 0.3 is 0 Å². The molecule has 1 N–H and O–H groups in total. The van der Waals surface area contributed by atoms with E-state index in [1.165, 1.54) is 0 Å². The Morgan fingerprint density at radius 3 is 2.50 bits per heavy atom. The third-order valence-corrected chi connectivity index (χ3v) is 2.59. The van der Waals surface area contributed by atoms with Crippen molar-refractivity contribution in [1.29, 1.82) is 0 Å². The molecule has 0 fully saturated rings. The maximum atomic E-state index is 9.40. The zero-order chi connectivity index (χ0) is 10.7. The van der Waals surface area contributed by atoms with Crippen LogP contribution in [0.5, 0.6) is 0 Å². The zero-order valence-electron chi connectivity index (χ0n) is 9.32. The summed E-state index contributed by atoms with van der Waals surface area (Å²) in [6.07, 6.45) is -0.323. The third-order valence-electron chi connectivity index (χ3n) is 2.59. The fraction of sp³-hybridized carbons (Fsp3) is 0.636. The Bertz CT molecular complexity index is 281.